The molecule has 0 aliphatic carbocycles. The van der Waals surface area contributed by atoms with E-state index in [-0.39, 0.29) is 44.6 Å². The van der Waals surface area contributed by atoms with Gasteiger partial charge in [-0.05, 0) is 40.3 Å². The molecule has 0 aromatic rings. The average Bonchev–Trinajstić information content (AvgIpc) is 2.90. The Morgan fingerprint density at radius 2 is 1.29 bits per heavy atom. The van der Waals surface area contributed by atoms with Gasteiger partial charge in [0.05, 0.1) is 11.9 Å². The van der Waals surface area contributed by atoms with Gasteiger partial charge >= 0.3 is 0 Å². The van der Waals surface area contributed by atoms with Crippen LogP contribution in [0.15, 0.2) is 10.2 Å². The number of hydrogen-bond donors (Lipinski definition) is 0. The SMILES string of the molecule is CN1CC[N-]/C1=N/[N+](=O)[O-].CN1CC[N-]/C1=N\[N+](=O)[O-].[Y]. The molecule has 0 amide bonds. The summed E-state index contributed by atoms with van der Waals surface area (Å²) >= 11 is 0. The van der Waals surface area contributed by atoms with Crippen LogP contribution in [-0.2, 0) is 32.7 Å². The molecule has 12 nitrogen and oxygen atoms in total. The Labute approximate surface area is 145 Å². The molecule has 0 N–H and O–H groups in total. The molecule has 2 saturated heterocycles. The van der Waals surface area contributed by atoms with Crippen molar-refractivity contribution in [2.75, 3.05) is 40.3 Å². The van der Waals surface area contributed by atoms with Crippen LogP contribution in [-0.4, -0.2) is 72.1 Å². The van der Waals surface area contributed by atoms with Crippen LogP contribution in [0.25, 0.3) is 10.6 Å². The molecular formula is C8H14N8O4Y-2. The van der Waals surface area contributed by atoms with Gasteiger partial charge in [-0.2, -0.15) is 0 Å². The summed E-state index contributed by atoms with van der Waals surface area (Å²) in [6.45, 7) is 2.63. The van der Waals surface area contributed by atoms with Gasteiger partial charge in [-0.25, -0.2) is 20.2 Å². The second kappa shape index (κ2) is 9.39. The van der Waals surface area contributed by atoms with Crippen molar-refractivity contribution in [1.82, 2.24) is 9.80 Å². The normalized spacial score (nSPS) is 20.3. The number of nitrogens with zero attached hydrogens (tertiary/aromatic N) is 8. The van der Waals surface area contributed by atoms with Crippen LogP contribution < -0.4 is 0 Å². The Hall–Kier alpha value is -1.56. The molecule has 0 spiro atoms. The maximum atomic E-state index is 9.83. The quantitative estimate of drug-likeness (QED) is 0.479. The van der Waals surface area contributed by atoms with E-state index in [1.807, 2.05) is 0 Å². The molecule has 0 bridgehead atoms. The number of likely N-dealkylation sites (N-methyl/N-ethyl adjacent to an activating group) is 2. The monoisotopic (exact) mass is 375 g/mol. The minimum Gasteiger partial charge on any atom is -0.424 e. The average molecular weight is 375 g/mol. The minimum atomic E-state index is -0.735. The predicted octanol–water partition coefficient (Wildman–Crippen LogP) is -0.296. The first-order valence-electron chi connectivity index (χ1n) is 5.63. The van der Waals surface area contributed by atoms with Gasteiger partial charge in [0, 0.05) is 32.7 Å². The van der Waals surface area contributed by atoms with E-state index in [4.69, 9.17) is 0 Å². The fourth-order valence-electron chi connectivity index (χ4n) is 1.40. The second-order valence-corrected chi connectivity index (χ2v) is 3.88. The number of hydrogen-bond acceptors (Lipinski definition) is 4. The van der Waals surface area contributed by atoms with Gasteiger partial charge in [0.15, 0.2) is 0 Å². The van der Waals surface area contributed by atoms with E-state index < -0.39 is 10.1 Å². The summed E-state index contributed by atoms with van der Waals surface area (Å²) in [4.78, 5) is 22.9. The second-order valence-electron chi connectivity index (χ2n) is 3.88. The van der Waals surface area contributed by atoms with E-state index in [0.717, 1.165) is 0 Å². The summed E-state index contributed by atoms with van der Waals surface area (Å²) in [6, 6.07) is 0. The van der Waals surface area contributed by atoms with Crippen LogP contribution in [0, 0.1) is 20.2 Å². The summed E-state index contributed by atoms with van der Waals surface area (Å²) < 4.78 is 0. The van der Waals surface area contributed by atoms with Gasteiger partial charge in [0.25, 0.3) is 0 Å². The van der Waals surface area contributed by atoms with Crippen LogP contribution in [0.2, 0.25) is 0 Å². The smallest absolute Gasteiger partial charge is 0.124 e. The molecule has 0 saturated carbocycles. The zero-order chi connectivity index (χ0) is 15.1. The number of nitro groups is 2. The van der Waals surface area contributed by atoms with Gasteiger partial charge in [-0.1, -0.05) is 10.2 Å². The van der Waals surface area contributed by atoms with Crippen LogP contribution in [0.3, 0.4) is 0 Å². The Morgan fingerprint density at radius 3 is 1.48 bits per heavy atom. The van der Waals surface area contributed by atoms with E-state index >= 15 is 0 Å². The number of hydrazone groups is 2. The largest absolute Gasteiger partial charge is 0.424 e. The molecule has 0 aromatic carbocycles. The molecule has 0 aromatic heterocycles. The molecule has 2 fully saturated rings. The fraction of sp³-hybridized carbons (Fsp3) is 0.750. The summed E-state index contributed by atoms with van der Waals surface area (Å²) in [6.07, 6.45) is 0. The molecule has 2 heterocycles. The zero-order valence-corrected chi connectivity index (χ0v) is 14.5. The van der Waals surface area contributed by atoms with Crippen molar-refractivity contribution in [2.45, 2.75) is 0 Å². The van der Waals surface area contributed by atoms with Crippen molar-refractivity contribution in [1.29, 1.82) is 0 Å². The van der Waals surface area contributed by atoms with Crippen molar-refractivity contribution in [3.63, 3.8) is 0 Å². The van der Waals surface area contributed by atoms with E-state index in [2.05, 4.69) is 20.8 Å². The third-order valence-electron chi connectivity index (χ3n) is 2.40. The Bertz CT molecular complexity index is 402. The number of rotatable bonds is 2. The van der Waals surface area contributed by atoms with Crippen molar-refractivity contribution in [3.05, 3.63) is 30.9 Å². The summed E-state index contributed by atoms with van der Waals surface area (Å²) in [5.41, 5.74) is 0. The van der Waals surface area contributed by atoms with Crippen molar-refractivity contribution in [3.8, 4) is 0 Å². The van der Waals surface area contributed by atoms with Gasteiger partial charge in [0.1, 0.15) is 10.1 Å². The summed E-state index contributed by atoms with van der Waals surface area (Å²) in [7, 11) is 3.44. The molecule has 2 aliphatic heterocycles. The third kappa shape index (κ3) is 7.13. The third-order valence-corrected chi connectivity index (χ3v) is 2.40. The molecule has 13 heteroatoms. The van der Waals surface area contributed by atoms with E-state index in [1.54, 1.807) is 23.9 Å². The first-order chi connectivity index (χ1) is 9.40. The van der Waals surface area contributed by atoms with Gasteiger partial charge in [-0.3, -0.25) is 0 Å². The van der Waals surface area contributed by atoms with E-state index in [1.165, 1.54) is 0 Å². The zero-order valence-electron chi connectivity index (χ0n) is 11.6. The Balaban J connectivity index is 0.000000364. The first-order valence-corrected chi connectivity index (χ1v) is 5.63. The Morgan fingerprint density at radius 1 is 0.952 bits per heavy atom. The van der Waals surface area contributed by atoms with Crippen molar-refractivity contribution >= 4 is 11.9 Å². The molecule has 1 radical (unpaired) electrons. The topological polar surface area (TPSA) is 146 Å². The summed E-state index contributed by atoms with van der Waals surface area (Å²) in [5.74, 6) is 0.426. The molecule has 2 rings (SSSR count). The van der Waals surface area contributed by atoms with E-state index in [9.17, 15) is 20.2 Å². The first kappa shape index (κ1) is 19.4. The minimum absolute atomic E-state index is 0. The van der Waals surface area contributed by atoms with Crippen molar-refractivity contribution in [2.24, 2.45) is 10.2 Å². The van der Waals surface area contributed by atoms with Gasteiger partial charge in [-0.15, -0.1) is 0 Å². The Kier molecular flexibility index (Phi) is 8.70. The van der Waals surface area contributed by atoms with Gasteiger partial charge in [0.2, 0.25) is 0 Å². The molecule has 0 unspecified atom stereocenters. The standard InChI is InChI=1S/2C4H7N4O2.Y/c2*1-7-3-2-5-4(7)6-8(9)10;/h2*2-3H2,1H3;/q2*-1;. The van der Waals surface area contributed by atoms with Crippen LogP contribution in [0.1, 0.15) is 0 Å². The molecule has 2 aliphatic rings. The molecular weight excluding hydrogens is 361 g/mol. The predicted molar refractivity (Wildman–Crippen MR) is 70.6 cm³/mol. The van der Waals surface area contributed by atoms with Gasteiger partial charge < -0.3 is 20.4 Å². The van der Waals surface area contributed by atoms with Crippen molar-refractivity contribution < 1.29 is 42.8 Å². The fourth-order valence-corrected chi connectivity index (χ4v) is 1.40. The van der Waals surface area contributed by atoms with Crippen LogP contribution in [0.5, 0.6) is 0 Å². The molecule has 115 valence electrons. The maximum absolute atomic E-state index is 9.83. The van der Waals surface area contributed by atoms with Crippen LogP contribution >= 0.6 is 0 Å². The number of guanidine groups is 2. The van der Waals surface area contributed by atoms with Crippen LogP contribution in [0.4, 0.5) is 0 Å². The molecule has 0 atom stereocenters. The summed E-state index contributed by atoms with van der Waals surface area (Å²) in [5, 5.41) is 31.9. The maximum Gasteiger partial charge on any atom is 0.124 e. The molecule has 21 heavy (non-hydrogen) atoms. The van der Waals surface area contributed by atoms with E-state index in [0.29, 0.717) is 26.2 Å².